The fraction of sp³-hybridized carbons (Fsp3) is 0.222. The lowest BCUT2D eigenvalue weighted by Crippen LogP contribution is -2.50. The molecule has 1 amide bonds. The van der Waals surface area contributed by atoms with Crippen LogP contribution < -0.4 is 14.8 Å². The molecule has 8 heteroatoms. The van der Waals surface area contributed by atoms with E-state index in [1.807, 2.05) is 6.07 Å². The van der Waals surface area contributed by atoms with Gasteiger partial charge in [-0.15, -0.1) is 0 Å². The summed E-state index contributed by atoms with van der Waals surface area (Å²) >= 11 is 17.7. The fourth-order valence-corrected chi connectivity index (χ4v) is 2.41. The highest BCUT2D eigenvalue weighted by molar-refractivity contribution is 6.42. The smallest absolute Gasteiger partial charge is 0.259 e. The van der Waals surface area contributed by atoms with Gasteiger partial charge in [-0.05, 0) is 43.3 Å². The highest BCUT2D eigenvalue weighted by Crippen LogP contribution is 2.31. The molecule has 2 aromatic carbocycles. The number of rotatable bonds is 7. The number of halogens is 3. The van der Waals surface area contributed by atoms with E-state index in [9.17, 15) is 10.1 Å². The Kier molecular flexibility index (Phi) is 6.98. The topological polar surface area (TPSA) is 71.3 Å². The van der Waals surface area contributed by atoms with Crippen LogP contribution in [0.25, 0.3) is 0 Å². The molecule has 0 aliphatic heterocycles. The number of amides is 1. The maximum Gasteiger partial charge on any atom is 0.259 e. The Labute approximate surface area is 166 Å². The predicted molar refractivity (Wildman–Crippen MR) is 101 cm³/mol. The number of nitriles is 1. The van der Waals surface area contributed by atoms with Gasteiger partial charge < -0.3 is 14.8 Å². The van der Waals surface area contributed by atoms with Crippen LogP contribution >= 0.6 is 34.8 Å². The number of hydrogen-bond donors (Lipinski definition) is 1. The fourth-order valence-electron chi connectivity index (χ4n) is 1.94. The zero-order valence-electron chi connectivity index (χ0n) is 13.8. The van der Waals surface area contributed by atoms with Crippen molar-refractivity contribution in [1.82, 2.24) is 5.32 Å². The summed E-state index contributed by atoms with van der Waals surface area (Å²) in [4.78, 5) is 12.1. The molecule has 26 heavy (non-hydrogen) atoms. The second-order valence-electron chi connectivity index (χ2n) is 5.58. The minimum atomic E-state index is -1.27. The Bertz CT molecular complexity index is 821. The summed E-state index contributed by atoms with van der Waals surface area (Å²) in [7, 11) is 0. The van der Waals surface area contributed by atoms with Crippen LogP contribution in [0.3, 0.4) is 0 Å². The summed E-state index contributed by atoms with van der Waals surface area (Å²) in [6, 6.07) is 13.5. The average Bonchev–Trinajstić information content (AvgIpc) is 2.62. The maximum atomic E-state index is 12.1. The number of nitrogens with one attached hydrogen (secondary N) is 1. The molecule has 5 nitrogen and oxygen atoms in total. The van der Waals surface area contributed by atoms with E-state index in [0.29, 0.717) is 21.5 Å². The molecular weight excluding hydrogens is 399 g/mol. The second-order valence-corrected chi connectivity index (χ2v) is 6.80. The molecule has 0 bridgehead atoms. The van der Waals surface area contributed by atoms with Gasteiger partial charge in [0.05, 0.1) is 11.1 Å². The van der Waals surface area contributed by atoms with Crippen molar-refractivity contribution >= 4 is 40.7 Å². The molecule has 0 saturated carbocycles. The molecule has 0 radical (unpaired) electrons. The second kappa shape index (κ2) is 9.00. The van der Waals surface area contributed by atoms with Gasteiger partial charge in [0, 0.05) is 5.02 Å². The largest absolute Gasteiger partial charge is 0.488 e. The molecule has 0 aliphatic carbocycles. The van der Waals surface area contributed by atoms with E-state index < -0.39 is 11.4 Å². The first kappa shape index (κ1) is 20.2. The van der Waals surface area contributed by atoms with E-state index in [1.165, 1.54) is 6.92 Å². The summed E-state index contributed by atoms with van der Waals surface area (Å²) in [6.45, 7) is 1.17. The number of nitrogens with zero attached hydrogens (tertiary/aromatic N) is 1. The van der Waals surface area contributed by atoms with Gasteiger partial charge in [-0.25, -0.2) is 0 Å². The van der Waals surface area contributed by atoms with Crippen molar-refractivity contribution in [3.63, 3.8) is 0 Å². The predicted octanol–water partition coefficient (Wildman–Crippen LogP) is 4.50. The SMILES string of the molecule is CC(C#N)(COc1cccc(Cl)c1Cl)NC(=O)COc1ccc(Cl)cc1. The Morgan fingerprint density at radius 3 is 2.50 bits per heavy atom. The van der Waals surface area contributed by atoms with Crippen molar-refractivity contribution in [2.75, 3.05) is 13.2 Å². The molecule has 0 fully saturated rings. The average molecular weight is 414 g/mol. The van der Waals surface area contributed by atoms with Crippen molar-refractivity contribution < 1.29 is 14.3 Å². The number of benzene rings is 2. The Hall–Kier alpha value is -2.13. The van der Waals surface area contributed by atoms with Crippen LogP contribution in [0.15, 0.2) is 42.5 Å². The van der Waals surface area contributed by atoms with Crippen molar-refractivity contribution in [2.45, 2.75) is 12.5 Å². The molecule has 2 rings (SSSR count). The van der Waals surface area contributed by atoms with Gasteiger partial charge >= 0.3 is 0 Å². The molecule has 136 valence electrons. The Morgan fingerprint density at radius 1 is 1.15 bits per heavy atom. The van der Waals surface area contributed by atoms with Crippen molar-refractivity contribution in [3.8, 4) is 17.6 Å². The normalized spacial score (nSPS) is 12.6. The van der Waals surface area contributed by atoms with Gasteiger partial charge in [-0.3, -0.25) is 4.79 Å². The van der Waals surface area contributed by atoms with Crippen LogP contribution in [0.5, 0.6) is 11.5 Å². The molecular formula is C18H15Cl3N2O3. The van der Waals surface area contributed by atoms with Crippen molar-refractivity contribution in [3.05, 3.63) is 57.5 Å². The highest BCUT2D eigenvalue weighted by atomic mass is 35.5. The first-order valence-corrected chi connectivity index (χ1v) is 8.64. The molecule has 1 atom stereocenters. The standard InChI is InChI=1S/C18H15Cl3N2O3/c1-18(10-22,11-26-15-4-2-3-14(20)17(15)21)23-16(24)9-25-13-7-5-12(19)6-8-13/h2-8H,9,11H2,1H3,(H,23,24). The minimum Gasteiger partial charge on any atom is -0.488 e. The number of hydrogen-bond acceptors (Lipinski definition) is 4. The monoisotopic (exact) mass is 412 g/mol. The van der Waals surface area contributed by atoms with E-state index in [4.69, 9.17) is 44.3 Å². The van der Waals surface area contributed by atoms with E-state index in [1.54, 1.807) is 42.5 Å². The first-order valence-electron chi connectivity index (χ1n) is 7.50. The molecule has 2 aromatic rings. The van der Waals surface area contributed by atoms with Crippen molar-refractivity contribution in [1.29, 1.82) is 5.26 Å². The van der Waals surface area contributed by atoms with Crippen LogP contribution in [0.4, 0.5) is 0 Å². The van der Waals surface area contributed by atoms with Gasteiger partial charge in [0.2, 0.25) is 0 Å². The molecule has 0 saturated heterocycles. The zero-order valence-corrected chi connectivity index (χ0v) is 16.0. The Morgan fingerprint density at radius 2 is 1.85 bits per heavy atom. The Balaban J connectivity index is 1.91. The third-order valence-corrected chi connectivity index (χ3v) is 4.33. The van der Waals surface area contributed by atoms with Crippen molar-refractivity contribution in [2.24, 2.45) is 0 Å². The number of ether oxygens (including phenoxy) is 2. The molecule has 1 unspecified atom stereocenters. The molecule has 1 N–H and O–H groups in total. The van der Waals surface area contributed by atoms with Gasteiger partial charge in [-0.2, -0.15) is 5.26 Å². The van der Waals surface area contributed by atoms with Gasteiger partial charge in [0.15, 0.2) is 12.1 Å². The molecule has 0 heterocycles. The summed E-state index contributed by atoms with van der Waals surface area (Å²) in [5, 5.41) is 13.1. The van der Waals surface area contributed by atoms with Gasteiger partial charge in [0.25, 0.3) is 5.91 Å². The molecule has 0 aliphatic rings. The van der Waals surface area contributed by atoms with E-state index in [-0.39, 0.29) is 18.2 Å². The van der Waals surface area contributed by atoms with Crippen LogP contribution in [0, 0.1) is 11.3 Å². The van der Waals surface area contributed by atoms with Crippen LogP contribution in [-0.4, -0.2) is 24.7 Å². The first-order chi connectivity index (χ1) is 12.3. The van der Waals surface area contributed by atoms with E-state index in [2.05, 4.69) is 5.32 Å². The molecule has 0 aromatic heterocycles. The minimum absolute atomic E-state index is 0.115. The summed E-state index contributed by atoms with van der Waals surface area (Å²) in [5.74, 6) is 0.349. The molecule has 0 spiro atoms. The summed E-state index contributed by atoms with van der Waals surface area (Å²) in [5.41, 5.74) is -1.27. The van der Waals surface area contributed by atoms with E-state index in [0.717, 1.165) is 0 Å². The van der Waals surface area contributed by atoms with E-state index >= 15 is 0 Å². The summed E-state index contributed by atoms with van der Waals surface area (Å²) in [6.07, 6.45) is 0. The van der Waals surface area contributed by atoms with Crippen LogP contribution in [-0.2, 0) is 4.79 Å². The third-order valence-electron chi connectivity index (χ3n) is 3.28. The van der Waals surface area contributed by atoms with Gasteiger partial charge in [-0.1, -0.05) is 40.9 Å². The number of carbonyl (C=O) groups is 1. The van der Waals surface area contributed by atoms with Gasteiger partial charge in [0.1, 0.15) is 23.1 Å². The quantitative estimate of drug-likeness (QED) is 0.725. The zero-order chi connectivity index (χ0) is 19.2. The number of carbonyl (C=O) groups excluding carboxylic acids is 1. The highest BCUT2D eigenvalue weighted by Gasteiger charge is 2.28. The lowest BCUT2D eigenvalue weighted by Gasteiger charge is -2.23. The summed E-state index contributed by atoms with van der Waals surface area (Å²) < 4.78 is 10.9. The third kappa shape index (κ3) is 5.70. The van der Waals surface area contributed by atoms with Crippen LogP contribution in [0.2, 0.25) is 15.1 Å². The van der Waals surface area contributed by atoms with Crippen LogP contribution in [0.1, 0.15) is 6.92 Å². The lowest BCUT2D eigenvalue weighted by molar-refractivity contribution is -0.124. The lowest BCUT2D eigenvalue weighted by atomic mass is 10.1. The maximum absolute atomic E-state index is 12.1.